The number of hydrogen-bond donors (Lipinski definition) is 0. The highest BCUT2D eigenvalue weighted by molar-refractivity contribution is 6.30. The molecule has 0 N–H and O–H groups in total. The highest BCUT2D eigenvalue weighted by atomic mass is 35.5. The van der Waals surface area contributed by atoms with Crippen molar-refractivity contribution in [1.29, 1.82) is 0 Å². The van der Waals surface area contributed by atoms with Gasteiger partial charge in [0.2, 0.25) is 0 Å². The van der Waals surface area contributed by atoms with Crippen LogP contribution in [0.2, 0.25) is 5.02 Å². The highest BCUT2D eigenvalue weighted by Gasteiger charge is 2.35. The predicted octanol–water partition coefficient (Wildman–Crippen LogP) is 3.72. The molecule has 0 aliphatic heterocycles. The van der Waals surface area contributed by atoms with Crippen LogP contribution in [0.15, 0.2) is 53.5 Å². The molecule has 5 nitrogen and oxygen atoms in total. The van der Waals surface area contributed by atoms with Crippen LogP contribution >= 0.6 is 11.6 Å². The van der Waals surface area contributed by atoms with Gasteiger partial charge in [0.1, 0.15) is 12.3 Å². The summed E-state index contributed by atoms with van der Waals surface area (Å²) < 4.78 is 45.0. The fourth-order valence-electron chi connectivity index (χ4n) is 2.33. The Balaban J connectivity index is 1.84. The molecule has 0 atom stereocenters. The first kappa shape index (κ1) is 17.9. The molecule has 2 heterocycles. The lowest BCUT2D eigenvalue weighted by Crippen LogP contribution is -2.18. The molecule has 0 spiro atoms. The van der Waals surface area contributed by atoms with Gasteiger partial charge < -0.3 is 4.74 Å². The van der Waals surface area contributed by atoms with Crippen molar-refractivity contribution in [3.05, 3.63) is 80.9 Å². The monoisotopic (exact) mass is 382 g/mol. The van der Waals surface area contributed by atoms with E-state index in [0.717, 1.165) is 18.2 Å². The van der Waals surface area contributed by atoms with Gasteiger partial charge in [0.05, 0.1) is 21.8 Å². The third-order valence-electron chi connectivity index (χ3n) is 3.48. The average Bonchev–Trinajstić information content (AvgIpc) is 2.59. The number of ether oxygens (including phenoxy) is 1. The summed E-state index contributed by atoms with van der Waals surface area (Å²) in [5.74, 6) is -1.16. The molecule has 0 radical (unpaired) electrons. The van der Waals surface area contributed by atoms with Crippen molar-refractivity contribution >= 4 is 23.2 Å². The minimum atomic E-state index is -4.69. The second-order valence-corrected chi connectivity index (χ2v) is 5.72. The molecule has 0 fully saturated rings. The zero-order valence-electron chi connectivity index (χ0n) is 13.0. The van der Waals surface area contributed by atoms with E-state index in [4.69, 9.17) is 16.3 Å². The molecule has 1 aromatic carbocycles. The van der Waals surface area contributed by atoms with Crippen LogP contribution in [0.4, 0.5) is 13.2 Å². The van der Waals surface area contributed by atoms with Crippen LogP contribution in [0.3, 0.4) is 0 Å². The van der Waals surface area contributed by atoms with E-state index in [1.807, 2.05) is 0 Å². The molecule has 0 saturated heterocycles. The Bertz CT molecular complexity index is 1050. The van der Waals surface area contributed by atoms with E-state index in [2.05, 4.69) is 4.98 Å². The van der Waals surface area contributed by atoms with E-state index < -0.39 is 35.4 Å². The molecule has 0 saturated carbocycles. The van der Waals surface area contributed by atoms with Gasteiger partial charge in [-0.15, -0.1) is 0 Å². The number of halogens is 4. The van der Waals surface area contributed by atoms with Crippen molar-refractivity contribution in [1.82, 2.24) is 9.38 Å². The normalized spacial score (nSPS) is 11.5. The maximum absolute atomic E-state index is 13.0. The molecule has 3 rings (SSSR count). The summed E-state index contributed by atoms with van der Waals surface area (Å²) in [5, 5.41) is 0.337. The molecule has 0 bridgehead atoms. The fourth-order valence-corrected chi connectivity index (χ4v) is 2.49. The van der Waals surface area contributed by atoms with Gasteiger partial charge in [-0.05, 0) is 24.3 Å². The molecular formula is C17H10ClF3N2O3. The van der Waals surface area contributed by atoms with Gasteiger partial charge in [-0.3, -0.25) is 9.20 Å². The Morgan fingerprint density at radius 3 is 2.65 bits per heavy atom. The summed E-state index contributed by atoms with van der Waals surface area (Å²) in [4.78, 5) is 28.2. The van der Waals surface area contributed by atoms with Crippen LogP contribution in [-0.2, 0) is 17.5 Å². The molecule has 134 valence electrons. The quantitative estimate of drug-likeness (QED) is 0.648. The van der Waals surface area contributed by atoms with Crippen molar-refractivity contribution in [2.45, 2.75) is 12.8 Å². The molecule has 0 aliphatic carbocycles. The largest absolute Gasteiger partial charge is 0.456 e. The van der Waals surface area contributed by atoms with Crippen LogP contribution in [0.25, 0.3) is 5.65 Å². The van der Waals surface area contributed by atoms with Gasteiger partial charge >= 0.3 is 12.1 Å². The Hall–Kier alpha value is -2.87. The zero-order valence-corrected chi connectivity index (χ0v) is 13.7. The molecule has 0 amide bonds. The van der Waals surface area contributed by atoms with E-state index in [0.29, 0.717) is 5.02 Å². The van der Waals surface area contributed by atoms with Crippen LogP contribution in [0.5, 0.6) is 0 Å². The molecule has 3 aromatic rings. The van der Waals surface area contributed by atoms with Crippen LogP contribution < -0.4 is 5.56 Å². The summed E-state index contributed by atoms with van der Waals surface area (Å²) in [6.07, 6.45) is -3.31. The number of carbonyl (C=O) groups excluding carboxylic acids is 1. The topological polar surface area (TPSA) is 60.7 Å². The van der Waals surface area contributed by atoms with Crippen LogP contribution in [-0.4, -0.2) is 15.4 Å². The lowest BCUT2D eigenvalue weighted by atomic mass is 10.1. The van der Waals surface area contributed by atoms with Crippen molar-refractivity contribution in [3.8, 4) is 0 Å². The average molecular weight is 383 g/mol. The lowest BCUT2D eigenvalue weighted by molar-refractivity contribution is -0.138. The number of carbonyl (C=O) groups is 1. The van der Waals surface area contributed by atoms with E-state index in [9.17, 15) is 22.8 Å². The third-order valence-corrected chi connectivity index (χ3v) is 3.70. The number of alkyl halides is 3. The summed E-state index contributed by atoms with van der Waals surface area (Å²) in [7, 11) is 0. The lowest BCUT2D eigenvalue weighted by Gasteiger charge is -2.12. The second kappa shape index (κ2) is 6.80. The van der Waals surface area contributed by atoms with Crippen molar-refractivity contribution in [3.63, 3.8) is 0 Å². The minimum absolute atomic E-state index is 0.107. The minimum Gasteiger partial charge on any atom is -0.456 e. The van der Waals surface area contributed by atoms with E-state index in [1.54, 1.807) is 0 Å². The summed E-state index contributed by atoms with van der Waals surface area (Å²) in [6.45, 7) is -0.445. The van der Waals surface area contributed by atoms with Crippen molar-refractivity contribution < 1.29 is 22.7 Å². The molecule has 9 heteroatoms. The van der Waals surface area contributed by atoms with Crippen LogP contribution in [0.1, 0.15) is 21.6 Å². The number of benzene rings is 1. The van der Waals surface area contributed by atoms with Gasteiger partial charge in [-0.2, -0.15) is 13.2 Å². The first-order valence-corrected chi connectivity index (χ1v) is 7.65. The fraction of sp³-hybridized carbons (Fsp3) is 0.118. The van der Waals surface area contributed by atoms with Gasteiger partial charge in [0.15, 0.2) is 0 Å². The maximum atomic E-state index is 13.0. The Kier molecular flexibility index (Phi) is 4.69. The first-order valence-electron chi connectivity index (χ1n) is 7.27. The Morgan fingerprint density at radius 1 is 1.19 bits per heavy atom. The van der Waals surface area contributed by atoms with E-state index in [-0.39, 0.29) is 11.3 Å². The summed E-state index contributed by atoms with van der Waals surface area (Å²) >= 11 is 5.80. The second-order valence-electron chi connectivity index (χ2n) is 5.28. The van der Waals surface area contributed by atoms with Gasteiger partial charge in [0.25, 0.3) is 5.56 Å². The molecule has 26 heavy (non-hydrogen) atoms. The molecule has 2 aromatic heterocycles. The third kappa shape index (κ3) is 3.70. The number of aromatic nitrogens is 2. The van der Waals surface area contributed by atoms with Gasteiger partial charge in [0, 0.05) is 12.3 Å². The SMILES string of the molecule is O=C(OCc1cc(=O)n2cc(Cl)ccc2n1)c1ccccc1C(F)(F)F. The summed E-state index contributed by atoms with van der Waals surface area (Å²) in [6, 6.07) is 8.43. The number of rotatable bonds is 3. The zero-order chi connectivity index (χ0) is 18.9. The molecule has 0 aliphatic rings. The van der Waals surface area contributed by atoms with Crippen molar-refractivity contribution in [2.75, 3.05) is 0 Å². The smallest absolute Gasteiger partial charge is 0.417 e. The number of fused-ring (bicyclic) bond motifs is 1. The van der Waals surface area contributed by atoms with Crippen LogP contribution in [0, 0.1) is 0 Å². The number of esters is 1. The molecular weight excluding hydrogens is 373 g/mol. The van der Waals surface area contributed by atoms with Gasteiger partial charge in [-0.25, -0.2) is 9.78 Å². The number of nitrogens with zero attached hydrogens (tertiary/aromatic N) is 2. The Morgan fingerprint density at radius 2 is 1.92 bits per heavy atom. The first-order chi connectivity index (χ1) is 12.3. The predicted molar refractivity (Wildman–Crippen MR) is 87.0 cm³/mol. The standard InChI is InChI=1S/C17H10ClF3N2O3/c18-10-5-6-14-22-11(7-15(24)23(14)8-10)9-26-16(25)12-3-1-2-4-13(12)17(19,20)21/h1-8H,9H2. The number of hydrogen-bond acceptors (Lipinski definition) is 4. The highest BCUT2D eigenvalue weighted by Crippen LogP contribution is 2.32. The summed E-state index contributed by atoms with van der Waals surface area (Å²) in [5.41, 5.74) is -1.78. The Labute approximate surface area is 149 Å². The van der Waals surface area contributed by atoms with E-state index >= 15 is 0 Å². The van der Waals surface area contributed by atoms with Gasteiger partial charge in [-0.1, -0.05) is 23.7 Å². The maximum Gasteiger partial charge on any atom is 0.417 e. The van der Waals surface area contributed by atoms with Crippen molar-refractivity contribution in [2.24, 2.45) is 0 Å². The molecule has 0 unspecified atom stereocenters. The van der Waals surface area contributed by atoms with E-state index in [1.165, 1.54) is 34.9 Å². The number of pyridine rings is 1.